The van der Waals surface area contributed by atoms with Crippen molar-refractivity contribution in [3.05, 3.63) is 24.4 Å². The van der Waals surface area contributed by atoms with Crippen molar-refractivity contribution in [1.82, 2.24) is 15.2 Å². The van der Waals surface area contributed by atoms with Gasteiger partial charge in [0.15, 0.2) is 5.54 Å². The Morgan fingerprint density at radius 2 is 2.18 bits per heavy atom. The van der Waals surface area contributed by atoms with Crippen molar-refractivity contribution in [1.29, 1.82) is 0 Å². The van der Waals surface area contributed by atoms with Crippen LogP contribution in [0, 0.1) is 0 Å². The summed E-state index contributed by atoms with van der Waals surface area (Å²) < 4.78 is 1.31. The van der Waals surface area contributed by atoms with E-state index < -0.39 is 11.5 Å². The number of hydrazine groups is 1. The molecule has 0 spiro atoms. The molecule has 1 atom stereocenters. The summed E-state index contributed by atoms with van der Waals surface area (Å²) in [6.07, 6.45) is 3.34. The fraction of sp³-hybridized carbons (Fsp3) is 0.286. The molecule has 1 aliphatic rings. The SMILES string of the molecule is CCC1(C(=O)O)C=NN(c2ccc3c(cnn3C(C)=O)c2)N1. The van der Waals surface area contributed by atoms with E-state index in [1.807, 2.05) is 0 Å². The van der Waals surface area contributed by atoms with Crippen molar-refractivity contribution >= 4 is 34.7 Å². The smallest absolute Gasteiger partial charge is 0.331 e. The Hall–Kier alpha value is -2.74. The van der Waals surface area contributed by atoms with Gasteiger partial charge in [-0.15, -0.1) is 0 Å². The molecule has 22 heavy (non-hydrogen) atoms. The second kappa shape index (κ2) is 4.92. The Morgan fingerprint density at radius 3 is 2.77 bits per heavy atom. The number of hydrogen-bond donors (Lipinski definition) is 2. The molecule has 114 valence electrons. The average Bonchev–Trinajstić information content (AvgIpc) is 3.11. The molecule has 0 bridgehead atoms. The predicted octanol–water partition coefficient (Wildman–Crippen LogP) is 1.24. The van der Waals surface area contributed by atoms with Crippen molar-refractivity contribution in [2.75, 3.05) is 5.12 Å². The number of fused-ring (bicyclic) bond motifs is 1. The molecule has 2 aromatic rings. The van der Waals surface area contributed by atoms with Crippen LogP contribution in [-0.2, 0) is 4.79 Å². The molecule has 0 fully saturated rings. The van der Waals surface area contributed by atoms with Crippen LogP contribution in [-0.4, -0.2) is 38.5 Å². The minimum atomic E-state index is -1.20. The van der Waals surface area contributed by atoms with Gasteiger partial charge in [-0.3, -0.25) is 4.79 Å². The van der Waals surface area contributed by atoms with Gasteiger partial charge in [0.2, 0.25) is 5.91 Å². The van der Waals surface area contributed by atoms with E-state index in [1.54, 1.807) is 31.3 Å². The Labute approximate surface area is 126 Å². The lowest BCUT2D eigenvalue weighted by Crippen LogP contribution is -2.53. The first-order chi connectivity index (χ1) is 10.5. The van der Waals surface area contributed by atoms with Crippen molar-refractivity contribution < 1.29 is 14.7 Å². The average molecular weight is 301 g/mol. The quantitative estimate of drug-likeness (QED) is 0.884. The minimum Gasteiger partial charge on any atom is -0.480 e. The van der Waals surface area contributed by atoms with Crippen molar-refractivity contribution in [2.45, 2.75) is 25.8 Å². The molecule has 1 aromatic heterocycles. The molecule has 1 aliphatic heterocycles. The summed E-state index contributed by atoms with van der Waals surface area (Å²) in [6.45, 7) is 3.21. The van der Waals surface area contributed by atoms with Gasteiger partial charge < -0.3 is 5.11 Å². The number of hydrazone groups is 1. The summed E-state index contributed by atoms with van der Waals surface area (Å²) in [4.78, 5) is 22.8. The number of nitrogens with one attached hydrogen (secondary N) is 1. The van der Waals surface area contributed by atoms with Crippen LogP contribution >= 0.6 is 0 Å². The molecule has 3 rings (SSSR count). The van der Waals surface area contributed by atoms with Crippen LogP contribution in [0.5, 0.6) is 0 Å². The highest BCUT2D eigenvalue weighted by molar-refractivity contribution is 6.01. The normalized spacial score (nSPS) is 20.7. The predicted molar refractivity (Wildman–Crippen MR) is 80.8 cm³/mol. The maximum absolute atomic E-state index is 11.4. The number of hydrogen-bond acceptors (Lipinski definition) is 6. The molecular weight excluding hydrogens is 286 g/mol. The molecule has 1 aromatic carbocycles. The van der Waals surface area contributed by atoms with Crippen molar-refractivity contribution in [2.24, 2.45) is 5.10 Å². The van der Waals surface area contributed by atoms with Gasteiger partial charge >= 0.3 is 5.97 Å². The lowest BCUT2D eigenvalue weighted by atomic mass is 10.00. The fourth-order valence-electron chi connectivity index (χ4n) is 2.36. The fourth-order valence-corrected chi connectivity index (χ4v) is 2.36. The Bertz CT molecular complexity index is 797. The summed E-state index contributed by atoms with van der Waals surface area (Å²) >= 11 is 0. The Morgan fingerprint density at radius 1 is 1.41 bits per heavy atom. The highest BCUT2D eigenvalue weighted by Crippen LogP contribution is 2.25. The van der Waals surface area contributed by atoms with E-state index in [2.05, 4.69) is 15.6 Å². The van der Waals surface area contributed by atoms with Gasteiger partial charge in [-0.1, -0.05) is 6.92 Å². The highest BCUT2D eigenvalue weighted by atomic mass is 16.4. The van der Waals surface area contributed by atoms with Gasteiger partial charge in [0, 0.05) is 12.3 Å². The molecule has 2 N–H and O–H groups in total. The number of aromatic nitrogens is 2. The lowest BCUT2D eigenvalue weighted by molar-refractivity contribution is -0.141. The third-order valence-electron chi connectivity index (χ3n) is 3.73. The third kappa shape index (κ3) is 2.04. The number of carboxylic acid groups (broad SMARTS) is 1. The molecule has 2 heterocycles. The Balaban J connectivity index is 1.94. The van der Waals surface area contributed by atoms with E-state index >= 15 is 0 Å². The molecule has 1 unspecified atom stereocenters. The minimum absolute atomic E-state index is 0.170. The van der Waals surface area contributed by atoms with Gasteiger partial charge in [-0.2, -0.15) is 20.7 Å². The van der Waals surface area contributed by atoms with Gasteiger partial charge in [0.05, 0.1) is 23.6 Å². The molecule has 0 saturated heterocycles. The molecule has 0 saturated carbocycles. The van der Waals surface area contributed by atoms with Crippen LogP contribution in [0.15, 0.2) is 29.5 Å². The van der Waals surface area contributed by atoms with Crippen LogP contribution in [0.3, 0.4) is 0 Å². The van der Waals surface area contributed by atoms with E-state index in [0.717, 1.165) is 5.39 Å². The molecule has 0 amide bonds. The molecule has 8 heteroatoms. The maximum Gasteiger partial charge on any atom is 0.331 e. The van der Waals surface area contributed by atoms with E-state index in [9.17, 15) is 14.7 Å². The number of anilines is 1. The second-order valence-corrected chi connectivity index (χ2v) is 5.12. The van der Waals surface area contributed by atoms with E-state index in [-0.39, 0.29) is 5.91 Å². The third-order valence-corrected chi connectivity index (χ3v) is 3.73. The standard InChI is InChI=1S/C14H15N5O3/c1-3-14(13(21)22)8-16-19(17-14)11-4-5-12-10(6-11)7-15-18(12)9(2)20/h4-8,17H,3H2,1-2H3,(H,21,22). The summed E-state index contributed by atoms with van der Waals surface area (Å²) in [7, 11) is 0. The number of nitrogens with zero attached hydrogens (tertiary/aromatic N) is 4. The zero-order valence-corrected chi connectivity index (χ0v) is 12.1. The summed E-state index contributed by atoms with van der Waals surface area (Å²) in [5.74, 6) is -1.15. The summed E-state index contributed by atoms with van der Waals surface area (Å²) in [5.41, 5.74) is 3.05. The molecular formula is C14H15N5O3. The molecule has 0 radical (unpaired) electrons. The zero-order valence-electron chi connectivity index (χ0n) is 12.1. The van der Waals surface area contributed by atoms with Gasteiger partial charge in [-0.25, -0.2) is 9.48 Å². The van der Waals surface area contributed by atoms with Gasteiger partial charge in [0.1, 0.15) is 0 Å². The van der Waals surface area contributed by atoms with Gasteiger partial charge in [0.25, 0.3) is 0 Å². The molecule has 0 aliphatic carbocycles. The second-order valence-electron chi connectivity index (χ2n) is 5.12. The van der Waals surface area contributed by atoms with Crippen LogP contribution in [0.2, 0.25) is 0 Å². The topological polar surface area (TPSA) is 99.8 Å². The lowest BCUT2D eigenvalue weighted by Gasteiger charge is -2.23. The van der Waals surface area contributed by atoms with E-state index in [4.69, 9.17) is 0 Å². The molecule has 8 nitrogen and oxygen atoms in total. The summed E-state index contributed by atoms with van der Waals surface area (Å²) in [5, 5.41) is 19.7. The van der Waals surface area contributed by atoms with Crippen LogP contribution in [0.1, 0.15) is 25.1 Å². The number of rotatable bonds is 3. The first-order valence-electron chi connectivity index (χ1n) is 6.82. The summed E-state index contributed by atoms with van der Waals surface area (Å²) in [6, 6.07) is 5.30. The van der Waals surface area contributed by atoms with Crippen molar-refractivity contribution in [3.63, 3.8) is 0 Å². The number of carbonyl (C=O) groups is 2. The largest absolute Gasteiger partial charge is 0.480 e. The first-order valence-corrected chi connectivity index (χ1v) is 6.82. The number of carbonyl (C=O) groups excluding carboxylic acids is 1. The van der Waals surface area contributed by atoms with E-state index in [0.29, 0.717) is 17.6 Å². The van der Waals surface area contributed by atoms with Gasteiger partial charge in [-0.05, 0) is 24.6 Å². The van der Waals surface area contributed by atoms with E-state index in [1.165, 1.54) is 22.9 Å². The number of benzene rings is 1. The van der Waals surface area contributed by atoms with Crippen LogP contribution in [0.25, 0.3) is 10.9 Å². The maximum atomic E-state index is 11.4. The Kier molecular flexibility index (Phi) is 3.18. The van der Waals surface area contributed by atoms with Crippen LogP contribution in [0.4, 0.5) is 5.69 Å². The monoisotopic (exact) mass is 301 g/mol. The highest BCUT2D eigenvalue weighted by Gasteiger charge is 2.41. The van der Waals surface area contributed by atoms with Crippen molar-refractivity contribution in [3.8, 4) is 0 Å². The van der Waals surface area contributed by atoms with Crippen LogP contribution < -0.4 is 10.5 Å². The number of carboxylic acids is 1. The number of aliphatic carboxylic acids is 1. The first kappa shape index (κ1) is 14.2. The zero-order chi connectivity index (χ0) is 15.9.